The Hall–Kier alpha value is -1.62. The van der Waals surface area contributed by atoms with Crippen molar-refractivity contribution in [2.24, 2.45) is 0 Å². The number of hydrogen-bond donors (Lipinski definition) is 2. The monoisotopic (exact) mass is 241 g/mol. The molecule has 1 rings (SSSR count). The molecule has 94 valence electrons. The summed E-state index contributed by atoms with van der Waals surface area (Å²) in [6, 6.07) is 5.65. The van der Waals surface area contributed by atoms with Crippen molar-refractivity contribution in [2.45, 2.75) is 25.5 Å². The van der Waals surface area contributed by atoms with Crippen molar-refractivity contribution in [3.8, 4) is 0 Å². The summed E-state index contributed by atoms with van der Waals surface area (Å²) in [5, 5.41) is 12.0. The first-order chi connectivity index (χ1) is 7.90. The van der Waals surface area contributed by atoms with Crippen molar-refractivity contribution < 1.29 is 19.0 Å². The molecule has 0 saturated heterocycles. The summed E-state index contributed by atoms with van der Waals surface area (Å²) in [5.74, 6) is -1.48. The van der Waals surface area contributed by atoms with Gasteiger partial charge in [0, 0.05) is 12.8 Å². The Kier molecular flexibility index (Phi) is 4.07. The Balaban J connectivity index is 2.99. The van der Waals surface area contributed by atoms with E-state index in [1.54, 1.807) is 13.0 Å². The normalized spacial score (nSPS) is 16.0. The Morgan fingerprint density at radius 2 is 2.24 bits per heavy atom. The van der Waals surface area contributed by atoms with Gasteiger partial charge in [-0.15, -0.1) is 0 Å². The summed E-state index contributed by atoms with van der Waals surface area (Å²) < 4.78 is 18.0. The highest BCUT2D eigenvalue weighted by atomic mass is 19.1. The van der Waals surface area contributed by atoms with E-state index in [-0.39, 0.29) is 0 Å². The fourth-order valence-corrected chi connectivity index (χ4v) is 1.43. The van der Waals surface area contributed by atoms with Crippen LogP contribution in [0.2, 0.25) is 0 Å². The molecule has 1 aromatic rings. The van der Waals surface area contributed by atoms with Crippen molar-refractivity contribution in [1.82, 2.24) is 0 Å². The molecular formula is C12H16FNO3. The minimum absolute atomic E-state index is 0.402. The molecule has 0 amide bonds. The summed E-state index contributed by atoms with van der Waals surface area (Å²) in [5.41, 5.74) is -0.915. The molecule has 2 N–H and O–H groups in total. The van der Waals surface area contributed by atoms with Gasteiger partial charge in [0.1, 0.15) is 5.82 Å². The summed E-state index contributed by atoms with van der Waals surface area (Å²) in [6.45, 7) is 3.13. The predicted molar refractivity (Wildman–Crippen MR) is 62.5 cm³/mol. The van der Waals surface area contributed by atoms with Gasteiger partial charge in [-0.25, -0.2) is 9.18 Å². The molecule has 0 radical (unpaired) electrons. The number of rotatable bonds is 5. The Bertz CT molecular complexity index is 410. The smallest absolute Gasteiger partial charge is 0.331 e. The minimum Gasteiger partial charge on any atom is -0.479 e. The number of halogens is 1. The summed E-state index contributed by atoms with van der Waals surface area (Å²) in [7, 11) is 1.43. The summed E-state index contributed by atoms with van der Waals surface area (Å²) in [6.07, 6.45) is -0.566. The van der Waals surface area contributed by atoms with Crippen LogP contribution in [0.3, 0.4) is 0 Å². The zero-order valence-electron chi connectivity index (χ0n) is 10.0. The van der Waals surface area contributed by atoms with Crippen LogP contribution in [0, 0.1) is 5.82 Å². The second kappa shape index (κ2) is 5.14. The second-order valence-electron chi connectivity index (χ2n) is 4.02. The van der Waals surface area contributed by atoms with Crippen molar-refractivity contribution in [3.63, 3.8) is 0 Å². The number of hydrogen-bond acceptors (Lipinski definition) is 3. The van der Waals surface area contributed by atoms with Gasteiger partial charge >= 0.3 is 5.97 Å². The lowest BCUT2D eigenvalue weighted by Crippen LogP contribution is -2.52. The number of carboxylic acids is 1. The maximum atomic E-state index is 13.0. The molecule has 0 aromatic heterocycles. The highest BCUT2D eigenvalue weighted by Gasteiger charge is 2.39. The van der Waals surface area contributed by atoms with E-state index in [4.69, 9.17) is 4.74 Å². The summed E-state index contributed by atoms with van der Waals surface area (Å²) >= 11 is 0. The second-order valence-corrected chi connectivity index (χ2v) is 4.02. The van der Waals surface area contributed by atoms with E-state index >= 15 is 0 Å². The molecule has 0 spiro atoms. The number of aliphatic carboxylic acids is 1. The molecule has 17 heavy (non-hydrogen) atoms. The van der Waals surface area contributed by atoms with Crippen LogP contribution in [0.1, 0.15) is 13.8 Å². The standard InChI is InChI=1S/C12H16FNO3/c1-8(17-3)12(2,11(15)16)14-10-6-4-5-9(13)7-10/h4-8,14H,1-3H3,(H,15,16). The highest BCUT2D eigenvalue weighted by molar-refractivity contribution is 5.83. The van der Waals surface area contributed by atoms with E-state index in [2.05, 4.69) is 5.32 Å². The van der Waals surface area contributed by atoms with Crippen molar-refractivity contribution in [2.75, 3.05) is 12.4 Å². The van der Waals surface area contributed by atoms with Crippen LogP contribution in [-0.4, -0.2) is 29.8 Å². The maximum absolute atomic E-state index is 13.0. The van der Waals surface area contributed by atoms with Crippen LogP contribution in [-0.2, 0) is 9.53 Å². The Labute approximate surface area is 99.4 Å². The third kappa shape index (κ3) is 2.94. The largest absolute Gasteiger partial charge is 0.479 e. The summed E-state index contributed by atoms with van der Waals surface area (Å²) in [4.78, 5) is 11.3. The molecule has 2 atom stereocenters. The number of ether oxygens (including phenoxy) is 1. The first kappa shape index (κ1) is 13.4. The fourth-order valence-electron chi connectivity index (χ4n) is 1.43. The predicted octanol–water partition coefficient (Wildman–Crippen LogP) is 2.12. The average molecular weight is 241 g/mol. The number of carbonyl (C=O) groups is 1. The minimum atomic E-state index is -1.32. The number of benzene rings is 1. The van der Waals surface area contributed by atoms with Crippen molar-refractivity contribution >= 4 is 11.7 Å². The number of carboxylic acid groups (broad SMARTS) is 1. The van der Waals surface area contributed by atoms with E-state index < -0.39 is 23.4 Å². The molecule has 0 aliphatic carbocycles. The van der Waals surface area contributed by atoms with Crippen LogP contribution in [0.15, 0.2) is 24.3 Å². The van der Waals surface area contributed by atoms with E-state index in [9.17, 15) is 14.3 Å². The van der Waals surface area contributed by atoms with Gasteiger partial charge in [0.25, 0.3) is 0 Å². The van der Waals surface area contributed by atoms with Gasteiger partial charge in [-0.05, 0) is 32.0 Å². The zero-order valence-corrected chi connectivity index (χ0v) is 10.0. The molecule has 0 aliphatic heterocycles. The molecule has 5 heteroatoms. The lowest BCUT2D eigenvalue weighted by molar-refractivity contribution is -0.146. The SMILES string of the molecule is COC(C)C(C)(Nc1cccc(F)c1)C(=O)O. The van der Waals surface area contributed by atoms with Crippen molar-refractivity contribution in [3.05, 3.63) is 30.1 Å². The number of nitrogens with one attached hydrogen (secondary N) is 1. The van der Waals surface area contributed by atoms with Gasteiger partial charge in [0.2, 0.25) is 0 Å². The first-order valence-corrected chi connectivity index (χ1v) is 5.20. The fraction of sp³-hybridized carbons (Fsp3) is 0.417. The van der Waals surface area contributed by atoms with Gasteiger partial charge in [-0.2, -0.15) is 0 Å². The lowest BCUT2D eigenvalue weighted by Gasteiger charge is -2.32. The Morgan fingerprint density at radius 1 is 1.59 bits per heavy atom. The quantitative estimate of drug-likeness (QED) is 0.829. The highest BCUT2D eigenvalue weighted by Crippen LogP contribution is 2.21. The van der Waals surface area contributed by atoms with Gasteiger partial charge in [-0.3, -0.25) is 0 Å². The molecule has 0 aliphatic rings. The molecule has 0 fully saturated rings. The van der Waals surface area contributed by atoms with E-state index in [0.29, 0.717) is 5.69 Å². The Morgan fingerprint density at radius 3 is 2.71 bits per heavy atom. The molecule has 1 aromatic carbocycles. The molecule has 0 bridgehead atoms. The van der Waals surface area contributed by atoms with E-state index in [1.807, 2.05) is 0 Å². The third-order valence-corrected chi connectivity index (χ3v) is 2.84. The molecule has 4 nitrogen and oxygen atoms in total. The van der Waals surface area contributed by atoms with Gasteiger partial charge in [0.05, 0.1) is 6.10 Å². The molecule has 0 saturated carbocycles. The topological polar surface area (TPSA) is 58.6 Å². The molecular weight excluding hydrogens is 225 g/mol. The van der Waals surface area contributed by atoms with Crippen molar-refractivity contribution in [1.29, 1.82) is 0 Å². The van der Waals surface area contributed by atoms with Gasteiger partial charge in [-0.1, -0.05) is 6.07 Å². The molecule has 2 unspecified atom stereocenters. The first-order valence-electron chi connectivity index (χ1n) is 5.20. The van der Waals surface area contributed by atoms with Crippen LogP contribution < -0.4 is 5.32 Å². The van der Waals surface area contributed by atoms with Crippen LogP contribution in [0.5, 0.6) is 0 Å². The number of methoxy groups -OCH3 is 1. The number of anilines is 1. The zero-order chi connectivity index (χ0) is 13.1. The van der Waals surface area contributed by atoms with Crippen LogP contribution in [0.25, 0.3) is 0 Å². The third-order valence-electron chi connectivity index (χ3n) is 2.84. The van der Waals surface area contributed by atoms with Crippen LogP contribution in [0.4, 0.5) is 10.1 Å². The average Bonchev–Trinajstić information content (AvgIpc) is 2.27. The maximum Gasteiger partial charge on any atom is 0.331 e. The van der Waals surface area contributed by atoms with Gasteiger partial charge in [0.15, 0.2) is 5.54 Å². The van der Waals surface area contributed by atoms with Gasteiger partial charge < -0.3 is 15.2 Å². The molecule has 0 heterocycles. The lowest BCUT2D eigenvalue weighted by atomic mass is 9.95. The van der Waals surface area contributed by atoms with Crippen LogP contribution >= 0.6 is 0 Å². The van der Waals surface area contributed by atoms with E-state index in [1.165, 1.54) is 32.2 Å². The van der Waals surface area contributed by atoms with E-state index in [0.717, 1.165) is 0 Å².